The first-order valence-corrected chi connectivity index (χ1v) is 9.35. The molecule has 0 bridgehead atoms. The number of benzene rings is 2. The average molecular weight is 359 g/mol. The minimum Gasteiger partial charge on any atom is -0.497 e. The third-order valence-electron chi connectivity index (χ3n) is 3.82. The van der Waals surface area contributed by atoms with Gasteiger partial charge in [-0.15, -0.1) is 11.8 Å². The lowest BCUT2D eigenvalue weighted by Gasteiger charge is -2.21. The van der Waals surface area contributed by atoms with Gasteiger partial charge in [0, 0.05) is 17.5 Å². The Balaban J connectivity index is 1.98. The van der Waals surface area contributed by atoms with Crippen molar-refractivity contribution in [2.45, 2.75) is 25.2 Å². The van der Waals surface area contributed by atoms with Crippen LogP contribution in [-0.2, 0) is 4.79 Å². The number of carbonyl (C=O) groups is 1. The summed E-state index contributed by atoms with van der Waals surface area (Å²) < 4.78 is 5.18. The zero-order valence-electron chi connectivity index (χ0n) is 14.8. The molecule has 25 heavy (non-hydrogen) atoms. The Hall–Kier alpha value is -1.98. The van der Waals surface area contributed by atoms with Crippen molar-refractivity contribution in [1.82, 2.24) is 0 Å². The zero-order chi connectivity index (χ0) is 18.2. The van der Waals surface area contributed by atoms with Gasteiger partial charge in [0.15, 0.2) is 0 Å². The number of carbonyl (C=O) groups excluding carboxylic acids is 1. The van der Waals surface area contributed by atoms with Crippen LogP contribution < -0.4 is 10.1 Å². The molecule has 134 valence electrons. The Morgan fingerprint density at radius 2 is 1.88 bits per heavy atom. The molecule has 0 aliphatic carbocycles. The first-order chi connectivity index (χ1) is 12.0. The average Bonchev–Trinajstić information content (AvgIpc) is 2.62. The summed E-state index contributed by atoms with van der Waals surface area (Å²) in [5.41, 5.74) is 1.57. The quantitative estimate of drug-likeness (QED) is 0.744. The predicted molar refractivity (Wildman–Crippen MR) is 104 cm³/mol. The summed E-state index contributed by atoms with van der Waals surface area (Å²) in [6.07, 6.45) is -0.586. The highest BCUT2D eigenvalue weighted by atomic mass is 32.2. The van der Waals surface area contributed by atoms with E-state index in [1.165, 1.54) is 11.8 Å². The van der Waals surface area contributed by atoms with Crippen molar-refractivity contribution >= 4 is 23.4 Å². The van der Waals surface area contributed by atoms with Gasteiger partial charge in [0.05, 0.1) is 18.5 Å². The van der Waals surface area contributed by atoms with Gasteiger partial charge in [-0.1, -0.05) is 50.2 Å². The lowest BCUT2D eigenvalue weighted by molar-refractivity contribution is -0.116. The van der Waals surface area contributed by atoms with Crippen LogP contribution in [0.15, 0.2) is 54.6 Å². The number of hydrogen-bond donors (Lipinski definition) is 2. The van der Waals surface area contributed by atoms with Gasteiger partial charge in [0.2, 0.25) is 5.91 Å². The molecule has 2 aromatic rings. The maximum atomic E-state index is 12.6. The van der Waals surface area contributed by atoms with E-state index in [2.05, 4.69) is 5.32 Å². The summed E-state index contributed by atoms with van der Waals surface area (Å²) in [5, 5.41) is 13.0. The van der Waals surface area contributed by atoms with Crippen molar-refractivity contribution in [2.75, 3.05) is 18.2 Å². The highest BCUT2D eigenvalue weighted by Gasteiger charge is 2.24. The lowest BCUT2D eigenvalue weighted by Crippen LogP contribution is -2.30. The van der Waals surface area contributed by atoms with Crippen molar-refractivity contribution in [3.63, 3.8) is 0 Å². The highest BCUT2D eigenvalue weighted by molar-refractivity contribution is 8.00. The summed E-state index contributed by atoms with van der Waals surface area (Å²) in [7, 11) is 1.60. The molecule has 0 aromatic heterocycles. The van der Waals surface area contributed by atoms with E-state index in [4.69, 9.17) is 4.74 Å². The van der Waals surface area contributed by atoms with Gasteiger partial charge in [-0.05, 0) is 23.6 Å². The maximum Gasteiger partial charge on any atom is 0.237 e. The molecule has 0 saturated carbocycles. The summed E-state index contributed by atoms with van der Waals surface area (Å²) in [6.45, 7) is 4.02. The molecule has 0 fully saturated rings. The maximum absolute atomic E-state index is 12.6. The summed E-state index contributed by atoms with van der Waals surface area (Å²) >= 11 is 1.48. The Labute approximate surface area is 153 Å². The molecule has 0 aliphatic rings. The van der Waals surface area contributed by atoms with E-state index in [1.807, 2.05) is 62.4 Å². The van der Waals surface area contributed by atoms with Crippen LogP contribution in [0.3, 0.4) is 0 Å². The molecule has 4 nitrogen and oxygen atoms in total. The van der Waals surface area contributed by atoms with Gasteiger partial charge in [0.25, 0.3) is 0 Å². The standard InChI is InChI=1S/C20H25NO3S/c1-14(2)19(25-13-18(22)15-8-5-4-6-9-15)20(23)21-16-10-7-11-17(12-16)24-3/h4-12,14,18-19,22H,13H2,1-3H3,(H,21,23). The minimum absolute atomic E-state index is 0.0616. The van der Waals surface area contributed by atoms with Crippen LogP contribution >= 0.6 is 11.8 Å². The number of hydrogen-bond acceptors (Lipinski definition) is 4. The molecule has 5 heteroatoms. The molecular weight excluding hydrogens is 334 g/mol. The van der Waals surface area contributed by atoms with E-state index in [0.29, 0.717) is 17.2 Å². The summed E-state index contributed by atoms with van der Waals surface area (Å²) in [6, 6.07) is 16.8. The van der Waals surface area contributed by atoms with Crippen LogP contribution in [0.2, 0.25) is 0 Å². The monoisotopic (exact) mass is 359 g/mol. The molecule has 2 aromatic carbocycles. The Kier molecular flexibility index (Phi) is 7.34. The third-order valence-corrected chi connectivity index (χ3v) is 5.44. The summed E-state index contributed by atoms with van der Waals surface area (Å²) in [4.78, 5) is 12.6. The van der Waals surface area contributed by atoms with E-state index >= 15 is 0 Å². The van der Waals surface area contributed by atoms with Crippen LogP contribution in [0.5, 0.6) is 5.75 Å². The molecule has 2 atom stereocenters. The second-order valence-electron chi connectivity index (χ2n) is 6.15. The van der Waals surface area contributed by atoms with E-state index in [9.17, 15) is 9.90 Å². The second kappa shape index (κ2) is 9.49. The number of anilines is 1. The topological polar surface area (TPSA) is 58.6 Å². The minimum atomic E-state index is -0.586. The predicted octanol–water partition coefficient (Wildman–Crippen LogP) is 4.13. The number of rotatable bonds is 8. The zero-order valence-corrected chi connectivity index (χ0v) is 15.6. The Morgan fingerprint density at radius 1 is 1.16 bits per heavy atom. The SMILES string of the molecule is COc1cccc(NC(=O)C(SCC(O)c2ccccc2)C(C)C)c1. The molecule has 1 amide bonds. The van der Waals surface area contributed by atoms with E-state index in [0.717, 1.165) is 5.56 Å². The van der Waals surface area contributed by atoms with E-state index in [-0.39, 0.29) is 17.1 Å². The van der Waals surface area contributed by atoms with Crippen molar-refractivity contribution in [2.24, 2.45) is 5.92 Å². The molecule has 0 radical (unpaired) electrons. The van der Waals surface area contributed by atoms with Crippen molar-refractivity contribution < 1.29 is 14.6 Å². The van der Waals surface area contributed by atoms with Crippen molar-refractivity contribution in [1.29, 1.82) is 0 Å². The van der Waals surface area contributed by atoms with Gasteiger partial charge in [-0.25, -0.2) is 0 Å². The number of thioether (sulfide) groups is 1. The fraction of sp³-hybridized carbons (Fsp3) is 0.350. The lowest BCUT2D eigenvalue weighted by atomic mass is 10.1. The molecule has 2 rings (SSSR count). The smallest absolute Gasteiger partial charge is 0.237 e. The van der Waals surface area contributed by atoms with Crippen LogP contribution in [0.1, 0.15) is 25.5 Å². The number of methoxy groups -OCH3 is 1. The second-order valence-corrected chi connectivity index (χ2v) is 7.32. The van der Waals surface area contributed by atoms with Crippen molar-refractivity contribution in [3.8, 4) is 5.75 Å². The Morgan fingerprint density at radius 3 is 2.52 bits per heavy atom. The molecule has 0 aliphatic heterocycles. The largest absolute Gasteiger partial charge is 0.497 e. The Bertz CT molecular complexity index is 676. The number of aliphatic hydroxyl groups excluding tert-OH is 1. The van der Waals surface area contributed by atoms with Crippen LogP contribution in [0.25, 0.3) is 0 Å². The molecule has 0 saturated heterocycles. The van der Waals surface area contributed by atoms with E-state index < -0.39 is 6.10 Å². The molecule has 0 heterocycles. The molecule has 0 spiro atoms. The molecule has 2 N–H and O–H groups in total. The van der Waals surface area contributed by atoms with E-state index in [1.54, 1.807) is 13.2 Å². The summed E-state index contributed by atoms with van der Waals surface area (Å²) in [5.74, 6) is 1.26. The van der Waals surface area contributed by atoms with Gasteiger partial charge in [-0.3, -0.25) is 4.79 Å². The normalized spacial score (nSPS) is 13.3. The van der Waals surface area contributed by atoms with Crippen LogP contribution in [0, 0.1) is 5.92 Å². The van der Waals surface area contributed by atoms with Crippen LogP contribution in [0.4, 0.5) is 5.69 Å². The third kappa shape index (κ3) is 5.80. The number of nitrogens with one attached hydrogen (secondary N) is 1. The molecular formula is C20H25NO3S. The number of amides is 1. The van der Waals surface area contributed by atoms with Gasteiger partial charge >= 0.3 is 0 Å². The first-order valence-electron chi connectivity index (χ1n) is 8.30. The fourth-order valence-corrected chi connectivity index (χ4v) is 3.63. The van der Waals surface area contributed by atoms with Gasteiger partial charge in [0.1, 0.15) is 5.75 Å². The first kappa shape index (κ1) is 19.3. The highest BCUT2D eigenvalue weighted by Crippen LogP contribution is 2.27. The molecule has 2 unspecified atom stereocenters. The van der Waals surface area contributed by atoms with Gasteiger partial charge in [-0.2, -0.15) is 0 Å². The number of aliphatic hydroxyl groups is 1. The van der Waals surface area contributed by atoms with Gasteiger partial charge < -0.3 is 15.2 Å². The van der Waals surface area contributed by atoms with Crippen molar-refractivity contribution in [3.05, 3.63) is 60.2 Å². The fourth-order valence-electron chi connectivity index (χ4n) is 2.45. The van der Waals surface area contributed by atoms with Crippen LogP contribution in [-0.4, -0.2) is 29.1 Å². The number of ether oxygens (including phenoxy) is 1.